The lowest BCUT2D eigenvalue weighted by molar-refractivity contribution is -0.161. The average molecular weight is 621 g/mol. The van der Waals surface area contributed by atoms with Crippen molar-refractivity contribution in [2.75, 3.05) is 20.3 Å². The average Bonchev–Trinajstić information content (AvgIpc) is 2.97. The number of hydrogen-bond acceptors (Lipinski definition) is 7. The molecule has 0 radical (unpaired) electrons. The first-order valence-corrected chi connectivity index (χ1v) is 18.7. The van der Waals surface area contributed by atoms with Gasteiger partial charge < -0.3 is 14.4 Å². The molecule has 0 heterocycles. The Labute approximate surface area is 258 Å². The van der Waals surface area contributed by atoms with Gasteiger partial charge in [-0.2, -0.15) is 0 Å². The van der Waals surface area contributed by atoms with Gasteiger partial charge in [-0.05, 0) is 12.8 Å². The molecule has 0 saturated carbocycles. The van der Waals surface area contributed by atoms with Crippen LogP contribution in [0.1, 0.15) is 174 Å². The van der Waals surface area contributed by atoms with Gasteiger partial charge in [-0.1, -0.05) is 149 Å². The van der Waals surface area contributed by atoms with Crippen molar-refractivity contribution in [3.63, 3.8) is 0 Å². The minimum atomic E-state index is -4.24. The van der Waals surface area contributed by atoms with Gasteiger partial charge >= 0.3 is 19.8 Å². The van der Waals surface area contributed by atoms with Crippen molar-refractivity contribution < 1.29 is 37.6 Å². The van der Waals surface area contributed by atoms with E-state index in [9.17, 15) is 19.0 Å². The van der Waals surface area contributed by atoms with Crippen molar-refractivity contribution in [1.82, 2.24) is 0 Å². The zero-order chi connectivity index (χ0) is 31.2. The molecule has 0 amide bonds. The molecule has 0 rings (SSSR count). The summed E-state index contributed by atoms with van der Waals surface area (Å²) in [4.78, 5) is 34.1. The van der Waals surface area contributed by atoms with E-state index in [2.05, 4.69) is 18.4 Å². The maximum atomic E-state index is 12.4. The quantitative estimate of drug-likeness (QED) is 0.0450. The Morgan fingerprint density at radius 1 is 0.571 bits per heavy atom. The number of ether oxygens (including phenoxy) is 2. The second kappa shape index (κ2) is 30.1. The highest BCUT2D eigenvalue weighted by Crippen LogP contribution is 2.42. The lowest BCUT2D eigenvalue weighted by Crippen LogP contribution is -2.29. The molecule has 1 N–H and O–H groups in total. The Balaban J connectivity index is 4.06. The number of carbonyl (C=O) groups is 2. The molecule has 0 aromatic heterocycles. The van der Waals surface area contributed by atoms with Crippen molar-refractivity contribution >= 4 is 19.8 Å². The number of unbranched alkanes of at least 4 members (excludes halogenated alkanes) is 21. The first kappa shape index (κ1) is 41.0. The predicted molar refractivity (Wildman–Crippen MR) is 170 cm³/mol. The van der Waals surface area contributed by atoms with E-state index in [4.69, 9.17) is 14.0 Å². The first-order valence-electron chi connectivity index (χ1n) is 17.2. The molecule has 0 aliphatic heterocycles. The molecular formula is C33H65O8P. The van der Waals surface area contributed by atoms with E-state index in [-0.39, 0.29) is 19.0 Å². The summed E-state index contributed by atoms with van der Waals surface area (Å²) in [7, 11) is -3.18. The molecule has 0 aliphatic carbocycles. The summed E-state index contributed by atoms with van der Waals surface area (Å²) in [6.45, 7) is 3.86. The van der Waals surface area contributed by atoms with Gasteiger partial charge in [0.1, 0.15) is 6.61 Å². The summed E-state index contributed by atoms with van der Waals surface area (Å²) in [5.74, 6) is -0.799. The first-order chi connectivity index (χ1) is 20.3. The number of carbonyl (C=O) groups excluding carboxylic acids is 2. The molecular weight excluding hydrogens is 555 g/mol. The molecule has 0 spiro atoms. The second-order valence-corrected chi connectivity index (χ2v) is 13.2. The Kier molecular flexibility index (Phi) is 29.4. The third-order valence-corrected chi connectivity index (χ3v) is 8.54. The molecule has 0 bridgehead atoms. The summed E-state index contributed by atoms with van der Waals surface area (Å²) in [5, 5.41) is 0. The molecule has 2 unspecified atom stereocenters. The summed E-state index contributed by atoms with van der Waals surface area (Å²) < 4.78 is 31.7. The van der Waals surface area contributed by atoms with Crippen LogP contribution < -0.4 is 0 Å². The van der Waals surface area contributed by atoms with E-state index in [1.807, 2.05) is 0 Å². The van der Waals surface area contributed by atoms with Gasteiger partial charge in [0.25, 0.3) is 0 Å². The van der Waals surface area contributed by atoms with Gasteiger partial charge in [0.05, 0.1) is 6.61 Å². The van der Waals surface area contributed by atoms with Crippen LogP contribution in [0.4, 0.5) is 0 Å². The topological polar surface area (TPSA) is 108 Å². The molecule has 2 atom stereocenters. The Morgan fingerprint density at radius 3 is 1.31 bits per heavy atom. The van der Waals surface area contributed by atoms with Crippen molar-refractivity contribution in [2.24, 2.45) is 0 Å². The van der Waals surface area contributed by atoms with Gasteiger partial charge in [0.15, 0.2) is 6.10 Å². The fourth-order valence-corrected chi connectivity index (χ4v) is 5.35. The fraction of sp³-hybridized carbons (Fsp3) is 0.939. The lowest BCUT2D eigenvalue weighted by Gasteiger charge is -2.19. The SMILES string of the molecule is CCCCCCCCCCCCCCCCC(=O)OC(COC(=O)CCCCCCCCCCC)COP(=O)(O)OC. The van der Waals surface area contributed by atoms with E-state index in [0.717, 1.165) is 45.6 Å². The van der Waals surface area contributed by atoms with Crippen LogP contribution in [0.15, 0.2) is 0 Å². The number of hydrogen-bond donors (Lipinski definition) is 1. The third kappa shape index (κ3) is 29.1. The van der Waals surface area contributed by atoms with Crippen molar-refractivity contribution in [3.05, 3.63) is 0 Å². The number of rotatable bonds is 32. The molecule has 0 aromatic carbocycles. The summed E-state index contributed by atoms with van der Waals surface area (Å²) in [6.07, 6.45) is 27.3. The van der Waals surface area contributed by atoms with Crippen LogP contribution in [0.25, 0.3) is 0 Å². The molecule has 9 heteroatoms. The van der Waals surface area contributed by atoms with Crippen LogP contribution in [-0.2, 0) is 32.7 Å². The number of esters is 2. The third-order valence-electron chi connectivity index (χ3n) is 7.60. The van der Waals surface area contributed by atoms with Crippen LogP contribution in [-0.4, -0.2) is 43.3 Å². The maximum Gasteiger partial charge on any atom is 0.472 e. The van der Waals surface area contributed by atoms with E-state index in [1.54, 1.807) is 0 Å². The zero-order valence-electron chi connectivity index (χ0n) is 27.4. The Bertz CT molecular complexity index is 672. The van der Waals surface area contributed by atoms with Gasteiger partial charge in [-0.3, -0.25) is 18.6 Å². The van der Waals surface area contributed by atoms with Gasteiger partial charge in [-0.25, -0.2) is 4.57 Å². The van der Waals surface area contributed by atoms with Crippen molar-refractivity contribution in [2.45, 2.75) is 180 Å². The van der Waals surface area contributed by atoms with E-state index < -0.39 is 26.5 Å². The number of phosphoric ester groups is 1. The minimum Gasteiger partial charge on any atom is -0.462 e. The van der Waals surface area contributed by atoms with Gasteiger partial charge in [0, 0.05) is 20.0 Å². The monoisotopic (exact) mass is 620 g/mol. The summed E-state index contributed by atoms with van der Waals surface area (Å²) in [5.41, 5.74) is 0. The van der Waals surface area contributed by atoms with E-state index in [0.29, 0.717) is 6.42 Å². The zero-order valence-corrected chi connectivity index (χ0v) is 28.3. The Hall–Kier alpha value is -0.950. The van der Waals surface area contributed by atoms with Crippen molar-refractivity contribution in [1.29, 1.82) is 0 Å². The van der Waals surface area contributed by atoms with E-state index in [1.165, 1.54) is 109 Å². The van der Waals surface area contributed by atoms with Crippen LogP contribution in [0, 0.1) is 0 Å². The predicted octanol–water partition coefficient (Wildman–Crippen LogP) is 10.00. The minimum absolute atomic E-state index is 0.218. The molecule has 42 heavy (non-hydrogen) atoms. The van der Waals surface area contributed by atoms with Crippen LogP contribution in [0.3, 0.4) is 0 Å². The molecule has 0 aromatic rings. The van der Waals surface area contributed by atoms with Gasteiger partial charge in [-0.15, -0.1) is 0 Å². The smallest absolute Gasteiger partial charge is 0.462 e. The maximum absolute atomic E-state index is 12.4. The standard InChI is InChI=1S/C33H65O8P/c1-4-6-8-10-12-14-15-16-17-18-20-22-24-26-28-33(35)41-31(30-40-42(36,37)38-3)29-39-32(34)27-25-23-21-19-13-11-9-7-5-2/h31H,4-30H2,1-3H3,(H,36,37). The number of phosphoric acid groups is 1. The largest absolute Gasteiger partial charge is 0.472 e. The molecule has 8 nitrogen and oxygen atoms in total. The van der Waals surface area contributed by atoms with Crippen LogP contribution >= 0.6 is 7.82 Å². The lowest BCUT2D eigenvalue weighted by atomic mass is 10.0. The molecule has 0 fully saturated rings. The highest BCUT2D eigenvalue weighted by molar-refractivity contribution is 7.47. The molecule has 250 valence electrons. The fourth-order valence-electron chi connectivity index (χ4n) is 4.89. The van der Waals surface area contributed by atoms with E-state index >= 15 is 0 Å². The van der Waals surface area contributed by atoms with Crippen LogP contribution in [0.5, 0.6) is 0 Å². The highest BCUT2D eigenvalue weighted by Gasteiger charge is 2.24. The van der Waals surface area contributed by atoms with Crippen LogP contribution in [0.2, 0.25) is 0 Å². The highest BCUT2D eigenvalue weighted by atomic mass is 31.2. The molecule has 0 aliphatic rings. The summed E-state index contributed by atoms with van der Waals surface area (Å²) in [6, 6.07) is 0. The normalized spacial score (nSPS) is 13.5. The molecule has 0 saturated heterocycles. The Morgan fingerprint density at radius 2 is 0.929 bits per heavy atom. The second-order valence-electron chi connectivity index (χ2n) is 11.7. The van der Waals surface area contributed by atoms with Crippen molar-refractivity contribution in [3.8, 4) is 0 Å². The van der Waals surface area contributed by atoms with Gasteiger partial charge in [0.2, 0.25) is 0 Å². The summed E-state index contributed by atoms with van der Waals surface area (Å²) >= 11 is 0.